The van der Waals surface area contributed by atoms with E-state index < -0.39 is 0 Å². The van der Waals surface area contributed by atoms with Gasteiger partial charge in [-0.3, -0.25) is 4.79 Å². The fourth-order valence-electron chi connectivity index (χ4n) is 4.90. The summed E-state index contributed by atoms with van der Waals surface area (Å²) in [7, 11) is 0. The number of para-hydroxylation sites is 1. The Bertz CT molecular complexity index is 1570. The number of hydrogen-bond acceptors (Lipinski definition) is 5. The molecule has 3 aromatic carbocycles. The van der Waals surface area contributed by atoms with E-state index in [-0.39, 0.29) is 5.91 Å². The van der Waals surface area contributed by atoms with E-state index in [2.05, 4.69) is 36.1 Å². The van der Waals surface area contributed by atoms with Gasteiger partial charge in [-0.05, 0) is 43.7 Å². The van der Waals surface area contributed by atoms with E-state index in [0.717, 1.165) is 39.5 Å². The van der Waals surface area contributed by atoms with Crippen LogP contribution < -0.4 is 4.90 Å². The first-order valence-electron chi connectivity index (χ1n) is 13.0. The van der Waals surface area contributed by atoms with Crippen molar-refractivity contribution >= 4 is 22.8 Å². The summed E-state index contributed by atoms with van der Waals surface area (Å²) in [6, 6.07) is 26.4. The lowest BCUT2D eigenvalue weighted by molar-refractivity contribution is 0.0746. The monoisotopic (exact) mass is 502 g/mol. The van der Waals surface area contributed by atoms with Crippen LogP contribution in [0, 0.1) is 13.8 Å². The van der Waals surface area contributed by atoms with Gasteiger partial charge in [-0.2, -0.15) is 5.10 Å². The van der Waals surface area contributed by atoms with Crippen molar-refractivity contribution in [2.45, 2.75) is 20.3 Å². The minimum Gasteiger partial charge on any atom is -0.352 e. The molecular weight excluding hydrogens is 472 g/mol. The van der Waals surface area contributed by atoms with Gasteiger partial charge < -0.3 is 9.80 Å². The number of aryl methyl sites for hydroxylation is 2. The van der Waals surface area contributed by atoms with Gasteiger partial charge in [0.25, 0.3) is 5.91 Å². The summed E-state index contributed by atoms with van der Waals surface area (Å²) in [6.45, 7) is 6.79. The van der Waals surface area contributed by atoms with Crippen LogP contribution in [0.15, 0.2) is 85.1 Å². The van der Waals surface area contributed by atoms with Crippen LogP contribution in [0.1, 0.15) is 32.9 Å². The highest BCUT2D eigenvalue weighted by Gasteiger charge is 2.26. The minimum absolute atomic E-state index is 0.0782. The fraction of sp³-hybridized carbons (Fsp3) is 0.226. The quantitative estimate of drug-likeness (QED) is 0.339. The number of carbonyl (C=O) groups excluding carboxylic acids is 1. The molecule has 0 aliphatic carbocycles. The van der Waals surface area contributed by atoms with Crippen LogP contribution in [-0.2, 0) is 6.42 Å². The number of aromatic nitrogens is 4. The van der Waals surface area contributed by atoms with Gasteiger partial charge in [0.1, 0.15) is 11.6 Å². The van der Waals surface area contributed by atoms with Gasteiger partial charge in [-0.15, -0.1) is 0 Å². The summed E-state index contributed by atoms with van der Waals surface area (Å²) >= 11 is 0. The number of anilines is 1. The summed E-state index contributed by atoms with van der Waals surface area (Å²) < 4.78 is 1.89. The molecule has 1 aliphatic heterocycles. The van der Waals surface area contributed by atoms with Gasteiger partial charge in [-0.25, -0.2) is 14.6 Å². The fourth-order valence-corrected chi connectivity index (χ4v) is 4.90. The second kappa shape index (κ2) is 10.1. The number of carbonyl (C=O) groups is 1. The van der Waals surface area contributed by atoms with Crippen LogP contribution in [0.2, 0.25) is 0 Å². The molecule has 0 unspecified atom stereocenters. The molecule has 38 heavy (non-hydrogen) atoms. The number of benzene rings is 3. The predicted octanol–water partition coefficient (Wildman–Crippen LogP) is 4.99. The van der Waals surface area contributed by atoms with E-state index in [1.807, 2.05) is 77.3 Å². The molecule has 2 aromatic heterocycles. The largest absolute Gasteiger partial charge is 0.352 e. The number of nitrogens with zero attached hydrogens (tertiary/aromatic N) is 6. The van der Waals surface area contributed by atoms with Crippen molar-refractivity contribution in [3.63, 3.8) is 0 Å². The predicted molar refractivity (Wildman–Crippen MR) is 150 cm³/mol. The molecule has 0 atom stereocenters. The first-order valence-corrected chi connectivity index (χ1v) is 13.0. The van der Waals surface area contributed by atoms with E-state index >= 15 is 0 Å². The maximum absolute atomic E-state index is 13.1. The molecule has 1 amide bonds. The SMILES string of the molecule is Cc1ccc(Cc2nc(N3CCN(C(=O)c4ccc(C)cc4)CC3)c3cnn(-c4ccccc4)c3n2)cc1. The highest BCUT2D eigenvalue weighted by atomic mass is 16.2. The summed E-state index contributed by atoms with van der Waals surface area (Å²) in [5, 5.41) is 5.61. The molecule has 190 valence electrons. The lowest BCUT2D eigenvalue weighted by Crippen LogP contribution is -2.49. The Hall–Kier alpha value is -4.52. The van der Waals surface area contributed by atoms with Crippen molar-refractivity contribution in [3.05, 3.63) is 113 Å². The van der Waals surface area contributed by atoms with Gasteiger partial charge in [0.05, 0.1) is 17.3 Å². The Morgan fingerprint density at radius 2 is 1.45 bits per heavy atom. The summed E-state index contributed by atoms with van der Waals surface area (Å²) in [6.07, 6.45) is 2.49. The number of fused-ring (bicyclic) bond motifs is 1. The smallest absolute Gasteiger partial charge is 0.253 e. The molecule has 5 aromatic rings. The van der Waals surface area contributed by atoms with Crippen molar-refractivity contribution in [2.24, 2.45) is 0 Å². The minimum atomic E-state index is 0.0782. The topological polar surface area (TPSA) is 67.2 Å². The zero-order chi connectivity index (χ0) is 26.1. The molecule has 3 heterocycles. The van der Waals surface area contributed by atoms with E-state index in [1.165, 1.54) is 11.1 Å². The maximum Gasteiger partial charge on any atom is 0.253 e. The number of amides is 1. The highest BCUT2D eigenvalue weighted by Crippen LogP contribution is 2.28. The molecule has 0 radical (unpaired) electrons. The highest BCUT2D eigenvalue weighted by molar-refractivity contribution is 5.94. The molecule has 7 heteroatoms. The van der Waals surface area contributed by atoms with Crippen LogP contribution in [0.4, 0.5) is 5.82 Å². The Kier molecular flexibility index (Phi) is 6.33. The van der Waals surface area contributed by atoms with Crippen LogP contribution in [-0.4, -0.2) is 56.7 Å². The Morgan fingerprint density at radius 1 is 0.789 bits per heavy atom. The van der Waals surface area contributed by atoms with Gasteiger partial charge in [0, 0.05) is 38.2 Å². The van der Waals surface area contributed by atoms with E-state index in [9.17, 15) is 4.79 Å². The van der Waals surface area contributed by atoms with E-state index in [4.69, 9.17) is 15.1 Å². The molecule has 0 saturated carbocycles. The molecule has 6 rings (SSSR count). The van der Waals surface area contributed by atoms with Crippen LogP contribution in [0.25, 0.3) is 16.7 Å². The Labute approximate surface area is 222 Å². The maximum atomic E-state index is 13.1. The third kappa shape index (κ3) is 4.75. The molecule has 1 saturated heterocycles. The average molecular weight is 503 g/mol. The Morgan fingerprint density at radius 3 is 2.13 bits per heavy atom. The van der Waals surface area contributed by atoms with Crippen molar-refractivity contribution in [1.29, 1.82) is 0 Å². The van der Waals surface area contributed by atoms with Crippen LogP contribution >= 0.6 is 0 Å². The second-order valence-corrected chi connectivity index (χ2v) is 9.90. The van der Waals surface area contributed by atoms with Crippen molar-refractivity contribution in [3.8, 4) is 5.69 Å². The van der Waals surface area contributed by atoms with E-state index in [1.54, 1.807) is 0 Å². The zero-order valence-corrected chi connectivity index (χ0v) is 21.7. The van der Waals surface area contributed by atoms with Gasteiger partial charge in [0.2, 0.25) is 0 Å². The lowest BCUT2D eigenvalue weighted by Gasteiger charge is -2.35. The lowest BCUT2D eigenvalue weighted by atomic mass is 10.1. The molecule has 1 fully saturated rings. The summed E-state index contributed by atoms with van der Waals surface area (Å²) in [5.74, 6) is 1.71. The molecule has 0 N–H and O–H groups in total. The molecule has 0 bridgehead atoms. The zero-order valence-electron chi connectivity index (χ0n) is 21.7. The normalized spacial score (nSPS) is 13.7. The third-order valence-electron chi connectivity index (χ3n) is 7.10. The van der Waals surface area contributed by atoms with Crippen LogP contribution in [0.3, 0.4) is 0 Å². The summed E-state index contributed by atoms with van der Waals surface area (Å²) in [5.41, 5.74) is 6.03. The molecule has 0 spiro atoms. The van der Waals surface area contributed by atoms with E-state index in [0.29, 0.717) is 32.6 Å². The molecule has 7 nitrogen and oxygen atoms in total. The average Bonchev–Trinajstić information content (AvgIpc) is 3.38. The van der Waals surface area contributed by atoms with Gasteiger partial charge >= 0.3 is 0 Å². The number of piperazine rings is 1. The van der Waals surface area contributed by atoms with Crippen LogP contribution in [0.5, 0.6) is 0 Å². The number of hydrogen-bond donors (Lipinski definition) is 0. The van der Waals surface area contributed by atoms with Crippen molar-refractivity contribution < 1.29 is 4.79 Å². The standard InChI is InChI=1S/C31H30N6O/c1-22-8-12-24(13-9-22)20-28-33-29(27-21-32-37(30(27)34-28)26-6-4-3-5-7-26)35-16-18-36(19-17-35)31(38)25-14-10-23(2)11-15-25/h3-15,21H,16-20H2,1-2H3. The molecule has 1 aliphatic rings. The number of rotatable bonds is 5. The Balaban J connectivity index is 1.32. The first-order chi connectivity index (χ1) is 18.5. The van der Waals surface area contributed by atoms with Crippen molar-refractivity contribution in [1.82, 2.24) is 24.6 Å². The van der Waals surface area contributed by atoms with Gasteiger partial charge in [0.15, 0.2) is 5.65 Å². The second-order valence-electron chi connectivity index (χ2n) is 9.90. The van der Waals surface area contributed by atoms with Gasteiger partial charge in [-0.1, -0.05) is 65.7 Å². The summed E-state index contributed by atoms with van der Waals surface area (Å²) in [4.78, 5) is 27.3. The van der Waals surface area contributed by atoms with Crippen molar-refractivity contribution in [2.75, 3.05) is 31.1 Å². The first kappa shape index (κ1) is 23.9. The molecular formula is C31H30N6O. The third-order valence-corrected chi connectivity index (χ3v) is 7.10.